The molecule has 0 bridgehead atoms. The Morgan fingerprint density at radius 2 is 1.52 bits per heavy atom. The van der Waals surface area contributed by atoms with Gasteiger partial charge < -0.3 is 9.47 Å². The van der Waals surface area contributed by atoms with Crippen molar-refractivity contribution in [2.75, 3.05) is 19.1 Å². The summed E-state index contributed by atoms with van der Waals surface area (Å²) in [6, 6.07) is 15.7. The Bertz CT molecular complexity index is 1000. The molecule has 3 aromatic rings. The number of hydrogen-bond donors (Lipinski definition) is 0. The molecule has 124 valence electrons. The summed E-state index contributed by atoms with van der Waals surface area (Å²) in [5, 5.41) is 1.39. The highest BCUT2D eigenvalue weighted by Gasteiger charge is 2.34. The van der Waals surface area contributed by atoms with E-state index in [1.807, 2.05) is 6.07 Å². The quantitative estimate of drug-likeness (QED) is 0.687. The minimum atomic E-state index is -0.357. The lowest BCUT2D eigenvalue weighted by molar-refractivity contribution is 0.0893. The van der Waals surface area contributed by atoms with Crippen molar-refractivity contribution in [2.45, 2.75) is 0 Å². The summed E-state index contributed by atoms with van der Waals surface area (Å²) < 4.78 is 10.6. The van der Waals surface area contributed by atoms with E-state index in [2.05, 4.69) is 0 Å². The maximum absolute atomic E-state index is 13.0. The van der Waals surface area contributed by atoms with Crippen molar-refractivity contribution < 1.29 is 19.1 Å². The number of methoxy groups -OCH3 is 2. The van der Waals surface area contributed by atoms with E-state index in [-0.39, 0.29) is 11.8 Å². The van der Waals surface area contributed by atoms with Gasteiger partial charge in [0.25, 0.3) is 11.8 Å². The first kappa shape index (κ1) is 15.2. The monoisotopic (exact) mass is 333 g/mol. The molecule has 1 aliphatic heterocycles. The van der Waals surface area contributed by atoms with Crippen molar-refractivity contribution in [2.24, 2.45) is 0 Å². The second kappa shape index (κ2) is 5.63. The molecule has 0 radical (unpaired) electrons. The van der Waals surface area contributed by atoms with Gasteiger partial charge in [0.05, 0.1) is 19.9 Å². The second-order valence-electron chi connectivity index (χ2n) is 5.69. The molecular formula is C20H15NO4. The molecule has 5 heteroatoms. The van der Waals surface area contributed by atoms with Gasteiger partial charge in [-0.1, -0.05) is 18.2 Å². The van der Waals surface area contributed by atoms with Crippen LogP contribution in [0.2, 0.25) is 0 Å². The van der Waals surface area contributed by atoms with Crippen molar-refractivity contribution in [3.05, 3.63) is 65.7 Å². The first-order valence-corrected chi connectivity index (χ1v) is 7.78. The number of benzene rings is 3. The minimum absolute atomic E-state index is 0.357. The van der Waals surface area contributed by atoms with Crippen molar-refractivity contribution >= 4 is 28.3 Å². The Kier molecular flexibility index (Phi) is 3.42. The lowest BCUT2D eigenvalue weighted by Crippen LogP contribution is -2.40. The summed E-state index contributed by atoms with van der Waals surface area (Å²) >= 11 is 0. The van der Waals surface area contributed by atoms with Gasteiger partial charge in [-0.25, -0.2) is 4.90 Å². The van der Waals surface area contributed by atoms with Gasteiger partial charge in [-0.15, -0.1) is 0 Å². The molecule has 1 aliphatic rings. The number of amides is 2. The molecule has 0 saturated heterocycles. The summed E-state index contributed by atoms with van der Waals surface area (Å²) in [6.07, 6.45) is 0. The van der Waals surface area contributed by atoms with E-state index in [9.17, 15) is 9.59 Å². The Morgan fingerprint density at radius 1 is 0.800 bits per heavy atom. The van der Waals surface area contributed by atoms with Crippen LogP contribution in [0.25, 0.3) is 10.8 Å². The van der Waals surface area contributed by atoms with Crippen LogP contribution < -0.4 is 14.4 Å². The van der Waals surface area contributed by atoms with E-state index in [0.717, 1.165) is 5.39 Å². The average molecular weight is 333 g/mol. The Balaban J connectivity index is 1.96. The fourth-order valence-corrected chi connectivity index (χ4v) is 3.23. The molecule has 0 aromatic heterocycles. The second-order valence-corrected chi connectivity index (χ2v) is 5.69. The number of rotatable bonds is 3. The topological polar surface area (TPSA) is 55.8 Å². The standard InChI is InChI=1S/C20H15NO4/c1-24-13-6-3-5-12(11-13)21-19(22)15-8-4-7-14-17(25-2)10-9-16(18(14)15)20(21)23/h3-11H,1-2H3. The fraction of sp³-hybridized carbons (Fsp3) is 0.100. The molecule has 3 aromatic carbocycles. The summed E-state index contributed by atoms with van der Waals surface area (Å²) in [5.41, 5.74) is 1.44. The van der Waals surface area contributed by atoms with E-state index < -0.39 is 0 Å². The maximum atomic E-state index is 13.0. The largest absolute Gasteiger partial charge is 0.497 e. The van der Waals surface area contributed by atoms with Crippen molar-refractivity contribution in [3.8, 4) is 11.5 Å². The first-order chi connectivity index (χ1) is 12.2. The van der Waals surface area contributed by atoms with E-state index in [0.29, 0.717) is 33.7 Å². The molecular weight excluding hydrogens is 318 g/mol. The molecule has 0 saturated carbocycles. The number of nitrogens with zero attached hydrogens (tertiary/aromatic N) is 1. The van der Waals surface area contributed by atoms with Crippen LogP contribution in [0.1, 0.15) is 20.7 Å². The molecule has 0 N–H and O–H groups in total. The molecule has 5 nitrogen and oxygen atoms in total. The van der Waals surface area contributed by atoms with Gasteiger partial charge in [0, 0.05) is 28.0 Å². The molecule has 0 atom stereocenters. The number of imide groups is 1. The van der Waals surface area contributed by atoms with Gasteiger partial charge >= 0.3 is 0 Å². The summed E-state index contributed by atoms with van der Waals surface area (Å²) in [6.45, 7) is 0. The van der Waals surface area contributed by atoms with E-state index in [1.165, 1.54) is 4.90 Å². The SMILES string of the molecule is COc1cccc(N2C(=O)c3cccc4c(OC)ccc(c34)C2=O)c1. The van der Waals surface area contributed by atoms with Crippen LogP contribution in [0, 0.1) is 0 Å². The van der Waals surface area contributed by atoms with Crippen LogP contribution in [-0.4, -0.2) is 26.0 Å². The smallest absolute Gasteiger partial charge is 0.265 e. The van der Waals surface area contributed by atoms with Gasteiger partial charge in [-0.2, -0.15) is 0 Å². The molecule has 1 heterocycles. The van der Waals surface area contributed by atoms with Crippen LogP contribution >= 0.6 is 0 Å². The summed E-state index contributed by atoms with van der Waals surface area (Å²) in [5.74, 6) is 0.502. The van der Waals surface area contributed by atoms with Crippen LogP contribution in [0.4, 0.5) is 5.69 Å². The summed E-state index contributed by atoms with van der Waals surface area (Å²) in [4.78, 5) is 27.3. The molecule has 0 spiro atoms. The minimum Gasteiger partial charge on any atom is -0.497 e. The van der Waals surface area contributed by atoms with Crippen LogP contribution in [0.15, 0.2) is 54.6 Å². The third-order valence-corrected chi connectivity index (χ3v) is 4.40. The molecule has 25 heavy (non-hydrogen) atoms. The highest BCUT2D eigenvalue weighted by molar-refractivity contribution is 6.36. The molecule has 4 rings (SSSR count). The maximum Gasteiger partial charge on any atom is 0.265 e. The molecule has 0 fully saturated rings. The Hall–Kier alpha value is -3.34. The number of carbonyl (C=O) groups is 2. The first-order valence-electron chi connectivity index (χ1n) is 7.78. The van der Waals surface area contributed by atoms with Gasteiger partial charge in [0.1, 0.15) is 11.5 Å². The normalized spacial score (nSPS) is 13.3. The zero-order valence-corrected chi connectivity index (χ0v) is 13.8. The molecule has 0 unspecified atom stereocenters. The zero-order chi connectivity index (χ0) is 17.6. The number of hydrogen-bond acceptors (Lipinski definition) is 4. The van der Waals surface area contributed by atoms with Crippen LogP contribution in [0.3, 0.4) is 0 Å². The summed E-state index contributed by atoms with van der Waals surface area (Å²) in [7, 11) is 3.11. The lowest BCUT2D eigenvalue weighted by Gasteiger charge is -2.27. The predicted molar refractivity (Wildman–Crippen MR) is 94.6 cm³/mol. The third kappa shape index (κ3) is 2.16. The highest BCUT2D eigenvalue weighted by Crippen LogP contribution is 2.37. The van der Waals surface area contributed by atoms with Crippen molar-refractivity contribution in [1.82, 2.24) is 0 Å². The lowest BCUT2D eigenvalue weighted by atomic mass is 9.93. The van der Waals surface area contributed by atoms with E-state index >= 15 is 0 Å². The van der Waals surface area contributed by atoms with Gasteiger partial charge in [0.2, 0.25) is 0 Å². The average Bonchev–Trinajstić information content (AvgIpc) is 2.66. The highest BCUT2D eigenvalue weighted by atomic mass is 16.5. The third-order valence-electron chi connectivity index (χ3n) is 4.40. The number of carbonyl (C=O) groups excluding carboxylic acids is 2. The fourth-order valence-electron chi connectivity index (χ4n) is 3.23. The van der Waals surface area contributed by atoms with Gasteiger partial charge in [-0.3, -0.25) is 9.59 Å². The van der Waals surface area contributed by atoms with Gasteiger partial charge in [-0.05, 0) is 30.3 Å². The van der Waals surface area contributed by atoms with Crippen LogP contribution in [-0.2, 0) is 0 Å². The zero-order valence-electron chi connectivity index (χ0n) is 13.8. The number of ether oxygens (including phenoxy) is 2. The van der Waals surface area contributed by atoms with E-state index in [4.69, 9.17) is 9.47 Å². The van der Waals surface area contributed by atoms with Crippen molar-refractivity contribution in [3.63, 3.8) is 0 Å². The predicted octanol–water partition coefficient (Wildman–Crippen LogP) is 3.66. The Labute approximate surface area is 144 Å². The van der Waals surface area contributed by atoms with Crippen LogP contribution in [0.5, 0.6) is 11.5 Å². The Morgan fingerprint density at radius 3 is 2.24 bits per heavy atom. The molecule has 2 amide bonds. The molecule has 0 aliphatic carbocycles. The van der Waals surface area contributed by atoms with E-state index in [1.54, 1.807) is 62.8 Å². The van der Waals surface area contributed by atoms with Crippen molar-refractivity contribution in [1.29, 1.82) is 0 Å². The van der Waals surface area contributed by atoms with Gasteiger partial charge in [0.15, 0.2) is 0 Å². The number of anilines is 1.